The maximum atomic E-state index is 12.3. The summed E-state index contributed by atoms with van der Waals surface area (Å²) in [5, 5.41) is 2.86. The summed E-state index contributed by atoms with van der Waals surface area (Å²) in [4.78, 5) is 24.3. The highest BCUT2D eigenvalue weighted by Gasteiger charge is 2.39. The van der Waals surface area contributed by atoms with Gasteiger partial charge in [0.2, 0.25) is 5.91 Å². The van der Waals surface area contributed by atoms with Crippen molar-refractivity contribution in [2.45, 2.75) is 27.2 Å². The fourth-order valence-electron chi connectivity index (χ4n) is 2.59. The number of amides is 1. The van der Waals surface area contributed by atoms with Crippen molar-refractivity contribution < 1.29 is 14.3 Å². The Hall–Kier alpha value is -2.62. The Morgan fingerprint density at radius 1 is 1.08 bits per heavy atom. The SMILES string of the molecule is Cc1ccc(OC(=O)c2cccc(NC(=O)[C@@H]3C[C@@H]3C)c2)cc1C. The predicted octanol–water partition coefficient (Wildman–Crippen LogP) is 4.12. The van der Waals surface area contributed by atoms with E-state index in [9.17, 15) is 9.59 Å². The predicted molar refractivity (Wildman–Crippen MR) is 93.2 cm³/mol. The molecular weight excluding hydrogens is 302 g/mol. The van der Waals surface area contributed by atoms with Gasteiger partial charge in [0.05, 0.1) is 5.56 Å². The summed E-state index contributed by atoms with van der Waals surface area (Å²) in [5.41, 5.74) is 3.25. The molecule has 4 nitrogen and oxygen atoms in total. The van der Waals surface area contributed by atoms with Gasteiger partial charge < -0.3 is 10.1 Å². The van der Waals surface area contributed by atoms with Gasteiger partial charge in [-0.2, -0.15) is 0 Å². The van der Waals surface area contributed by atoms with Crippen LogP contribution in [-0.4, -0.2) is 11.9 Å². The minimum absolute atomic E-state index is 0.0159. The number of esters is 1. The van der Waals surface area contributed by atoms with Crippen LogP contribution in [0.25, 0.3) is 0 Å². The first kappa shape index (κ1) is 16.2. The number of anilines is 1. The van der Waals surface area contributed by atoms with Gasteiger partial charge in [0.1, 0.15) is 5.75 Å². The molecule has 0 saturated heterocycles. The molecule has 0 spiro atoms. The van der Waals surface area contributed by atoms with Crippen LogP contribution < -0.4 is 10.1 Å². The Morgan fingerprint density at radius 3 is 2.50 bits per heavy atom. The maximum absolute atomic E-state index is 12.3. The van der Waals surface area contributed by atoms with E-state index in [1.54, 1.807) is 30.3 Å². The van der Waals surface area contributed by atoms with Gasteiger partial charge >= 0.3 is 5.97 Å². The molecule has 4 heteroatoms. The monoisotopic (exact) mass is 323 g/mol. The largest absolute Gasteiger partial charge is 0.423 e. The van der Waals surface area contributed by atoms with Crippen LogP contribution in [0.1, 0.15) is 34.8 Å². The fraction of sp³-hybridized carbons (Fsp3) is 0.300. The van der Waals surface area contributed by atoms with E-state index < -0.39 is 5.97 Å². The number of benzene rings is 2. The zero-order valence-corrected chi connectivity index (χ0v) is 14.1. The second kappa shape index (κ2) is 6.48. The number of carbonyl (C=O) groups is 2. The second-order valence-corrected chi connectivity index (χ2v) is 6.53. The lowest BCUT2D eigenvalue weighted by Gasteiger charge is -2.09. The summed E-state index contributed by atoms with van der Waals surface area (Å²) < 4.78 is 5.42. The van der Waals surface area contributed by atoms with E-state index in [0.717, 1.165) is 17.5 Å². The highest BCUT2D eigenvalue weighted by molar-refractivity contribution is 5.97. The van der Waals surface area contributed by atoms with Gasteiger partial charge in [-0.25, -0.2) is 4.79 Å². The Morgan fingerprint density at radius 2 is 1.83 bits per heavy atom. The highest BCUT2D eigenvalue weighted by atomic mass is 16.5. The molecule has 1 amide bonds. The number of carbonyl (C=O) groups excluding carboxylic acids is 2. The molecule has 2 atom stereocenters. The average molecular weight is 323 g/mol. The molecule has 1 aliphatic rings. The summed E-state index contributed by atoms with van der Waals surface area (Å²) >= 11 is 0. The Labute approximate surface area is 141 Å². The smallest absolute Gasteiger partial charge is 0.343 e. The van der Waals surface area contributed by atoms with E-state index in [1.807, 2.05) is 26.0 Å². The molecule has 0 radical (unpaired) electrons. The number of hydrogen-bond acceptors (Lipinski definition) is 3. The van der Waals surface area contributed by atoms with Gasteiger partial charge in [-0.15, -0.1) is 0 Å². The summed E-state index contributed by atoms with van der Waals surface area (Å²) in [6.45, 7) is 6.04. The molecule has 1 aliphatic carbocycles. The Bertz CT molecular complexity index is 797. The van der Waals surface area contributed by atoms with E-state index in [4.69, 9.17) is 4.74 Å². The molecular formula is C20H21NO3. The van der Waals surface area contributed by atoms with Crippen LogP contribution >= 0.6 is 0 Å². The molecule has 24 heavy (non-hydrogen) atoms. The third-order valence-electron chi connectivity index (χ3n) is 4.50. The molecule has 0 bridgehead atoms. The lowest BCUT2D eigenvalue weighted by Crippen LogP contribution is -2.15. The van der Waals surface area contributed by atoms with E-state index in [-0.39, 0.29) is 11.8 Å². The van der Waals surface area contributed by atoms with Crippen molar-refractivity contribution >= 4 is 17.6 Å². The number of ether oxygens (including phenoxy) is 1. The minimum atomic E-state index is -0.436. The van der Waals surface area contributed by atoms with Gasteiger partial charge in [0, 0.05) is 11.6 Å². The van der Waals surface area contributed by atoms with Crippen molar-refractivity contribution in [3.05, 3.63) is 59.2 Å². The number of hydrogen-bond donors (Lipinski definition) is 1. The van der Waals surface area contributed by atoms with E-state index in [2.05, 4.69) is 12.2 Å². The standard InChI is InChI=1S/C20H21NO3/c1-12-7-8-17(9-13(12)2)24-20(23)15-5-4-6-16(11-15)21-19(22)18-10-14(18)3/h4-9,11,14,18H,10H2,1-3H3,(H,21,22)/t14-,18+/m0/s1. The molecule has 2 aromatic carbocycles. The van der Waals surface area contributed by atoms with Crippen molar-refractivity contribution in [2.75, 3.05) is 5.32 Å². The Balaban J connectivity index is 1.69. The van der Waals surface area contributed by atoms with Crippen LogP contribution in [0, 0.1) is 25.7 Å². The topological polar surface area (TPSA) is 55.4 Å². The lowest BCUT2D eigenvalue weighted by molar-refractivity contribution is -0.117. The number of aryl methyl sites for hydroxylation is 2. The molecule has 1 saturated carbocycles. The molecule has 0 heterocycles. The molecule has 124 valence electrons. The summed E-state index contributed by atoms with van der Waals surface area (Å²) in [7, 11) is 0. The highest BCUT2D eigenvalue weighted by Crippen LogP contribution is 2.38. The van der Waals surface area contributed by atoms with Crippen LogP contribution in [-0.2, 0) is 4.79 Å². The summed E-state index contributed by atoms with van der Waals surface area (Å²) in [5.74, 6) is 0.639. The minimum Gasteiger partial charge on any atom is -0.423 e. The van der Waals surface area contributed by atoms with Gasteiger partial charge in [-0.1, -0.05) is 19.1 Å². The van der Waals surface area contributed by atoms with Gasteiger partial charge in [0.15, 0.2) is 0 Å². The molecule has 2 aromatic rings. The molecule has 0 aromatic heterocycles. The van der Waals surface area contributed by atoms with Gasteiger partial charge in [0.25, 0.3) is 0 Å². The van der Waals surface area contributed by atoms with E-state index in [0.29, 0.717) is 22.9 Å². The first-order valence-corrected chi connectivity index (χ1v) is 8.14. The van der Waals surface area contributed by atoms with Gasteiger partial charge in [-0.05, 0) is 67.6 Å². The van der Waals surface area contributed by atoms with Crippen LogP contribution in [0.4, 0.5) is 5.69 Å². The van der Waals surface area contributed by atoms with Crippen molar-refractivity contribution in [1.29, 1.82) is 0 Å². The third-order valence-corrected chi connectivity index (χ3v) is 4.50. The van der Waals surface area contributed by atoms with Gasteiger partial charge in [-0.3, -0.25) is 4.79 Å². The quantitative estimate of drug-likeness (QED) is 0.680. The van der Waals surface area contributed by atoms with Crippen LogP contribution in [0.3, 0.4) is 0 Å². The normalized spacial score (nSPS) is 18.8. The summed E-state index contributed by atoms with van der Waals surface area (Å²) in [6, 6.07) is 12.4. The number of nitrogens with one attached hydrogen (secondary N) is 1. The van der Waals surface area contributed by atoms with Crippen molar-refractivity contribution in [3.8, 4) is 5.75 Å². The zero-order valence-electron chi connectivity index (χ0n) is 14.1. The van der Waals surface area contributed by atoms with Crippen LogP contribution in [0.2, 0.25) is 0 Å². The van der Waals surface area contributed by atoms with E-state index >= 15 is 0 Å². The van der Waals surface area contributed by atoms with E-state index in [1.165, 1.54) is 0 Å². The second-order valence-electron chi connectivity index (χ2n) is 6.53. The molecule has 3 rings (SSSR count). The Kier molecular flexibility index (Phi) is 4.38. The average Bonchev–Trinajstić information content (AvgIpc) is 3.28. The van der Waals surface area contributed by atoms with Crippen LogP contribution in [0.15, 0.2) is 42.5 Å². The number of rotatable bonds is 4. The maximum Gasteiger partial charge on any atom is 0.343 e. The third kappa shape index (κ3) is 3.65. The lowest BCUT2D eigenvalue weighted by atomic mass is 10.1. The van der Waals surface area contributed by atoms with Crippen molar-refractivity contribution in [2.24, 2.45) is 11.8 Å². The molecule has 1 N–H and O–H groups in total. The molecule has 1 fully saturated rings. The molecule has 0 unspecified atom stereocenters. The molecule has 0 aliphatic heterocycles. The van der Waals surface area contributed by atoms with Crippen molar-refractivity contribution in [1.82, 2.24) is 0 Å². The first-order chi connectivity index (χ1) is 11.4. The fourth-order valence-corrected chi connectivity index (χ4v) is 2.59. The van der Waals surface area contributed by atoms with Crippen LogP contribution in [0.5, 0.6) is 5.75 Å². The first-order valence-electron chi connectivity index (χ1n) is 8.14. The summed E-state index contributed by atoms with van der Waals surface area (Å²) in [6.07, 6.45) is 0.931. The zero-order chi connectivity index (χ0) is 17.3. The van der Waals surface area contributed by atoms with Crippen molar-refractivity contribution in [3.63, 3.8) is 0 Å².